The Labute approximate surface area is 89.0 Å². The van der Waals surface area contributed by atoms with Gasteiger partial charge in [-0.2, -0.15) is 0 Å². The van der Waals surface area contributed by atoms with Crippen LogP contribution in [0.5, 0.6) is 0 Å². The maximum Gasteiger partial charge on any atom is 0.0623 e. The highest BCUT2D eigenvalue weighted by Gasteiger charge is 2.23. The maximum absolute atomic E-state index is 5.99. The van der Waals surface area contributed by atoms with E-state index >= 15 is 0 Å². The van der Waals surface area contributed by atoms with E-state index in [1.807, 2.05) is 12.1 Å². The lowest BCUT2D eigenvalue weighted by Gasteiger charge is -2.28. The van der Waals surface area contributed by atoms with Gasteiger partial charge in [0.05, 0.1) is 6.61 Å². The zero-order chi connectivity index (χ0) is 9.97. The maximum atomic E-state index is 5.99. The zero-order valence-corrected chi connectivity index (χ0v) is 8.70. The van der Waals surface area contributed by atoms with Crippen LogP contribution in [0.15, 0.2) is 24.3 Å². The molecule has 1 saturated heterocycles. The van der Waals surface area contributed by atoms with Crippen LogP contribution >= 0.6 is 11.6 Å². The van der Waals surface area contributed by atoms with E-state index in [1.54, 1.807) is 0 Å². The van der Waals surface area contributed by atoms with Crippen LogP contribution in [0.3, 0.4) is 0 Å². The third-order valence-electron chi connectivity index (χ3n) is 2.70. The van der Waals surface area contributed by atoms with Crippen LogP contribution < -0.4 is 5.73 Å². The molecule has 1 aromatic rings. The van der Waals surface area contributed by atoms with Crippen molar-refractivity contribution in [2.75, 3.05) is 13.2 Å². The Morgan fingerprint density at radius 2 is 2.00 bits per heavy atom. The van der Waals surface area contributed by atoms with Gasteiger partial charge in [0.15, 0.2) is 0 Å². The molecule has 1 aliphatic rings. The number of halogens is 1. The standard InChI is InChI=1S/C11H14ClNO/c12-9-3-1-8(2-4-9)10-5-6-14-7-11(10)13/h1-4,10-11H,5-7,13H2. The molecule has 3 heteroatoms. The van der Waals surface area contributed by atoms with Crippen LogP contribution in [-0.2, 0) is 4.74 Å². The van der Waals surface area contributed by atoms with Gasteiger partial charge in [-0.15, -0.1) is 0 Å². The van der Waals surface area contributed by atoms with E-state index in [9.17, 15) is 0 Å². The highest BCUT2D eigenvalue weighted by Crippen LogP contribution is 2.26. The topological polar surface area (TPSA) is 35.2 Å². The number of nitrogens with two attached hydrogens (primary N) is 1. The molecule has 2 atom stereocenters. The molecule has 76 valence electrons. The molecule has 0 amide bonds. The van der Waals surface area contributed by atoms with Gasteiger partial charge in [-0.3, -0.25) is 0 Å². The van der Waals surface area contributed by atoms with Crippen LogP contribution in [0.4, 0.5) is 0 Å². The van der Waals surface area contributed by atoms with Gasteiger partial charge < -0.3 is 10.5 Å². The van der Waals surface area contributed by atoms with Crippen molar-refractivity contribution in [1.82, 2.24) is 0 Å². The average Bonchev–Trinajstić information content (AvgIpc) is 2.20. The summed E-state index contributed by atoms with van der Waals surface area (Å²) in [6.07, 6.45) is 1.00. The molecular formula is C11H14ClNO. The molecule has 0 saturated carbocycles. The Hall–Kier alpha value is -0.570. The first kappa shape index (κ1) is 9.97. The van der Waals surface area contributed by atoms with E-state index in [1.165, 1.54) is 5.56 Å². The number of rotatable bonds is 1. The molecule has 1 heterocycles. The van der Waals surface area contributed by atoms with Crippen molar-refractivity contribution < 1.29 is 4.74 Å². The number of hydrogen-bond donors (Lipinski definition) is 1. The minimum absolute atomic E-state index is 0.116. The summed E-state index contributed by atoms with van der Waals surface area (Å²) in [7, 11) is 0. The third-order valence-corrected chi connectivity index (χ3v) is 2.95. The first-order valence-corrected chi connectivity index (χ1v) is 5.24. The lowest BCUT2D eigenvalue weighted by atomic mass is 9.88. The second-order valence-corrected chi connectivity index (χ2v) is 4.12. The van der Waals surface area contributed by atoms with Crippen LogP contribution in [0.25, 0.3) is 0 Å². The van der Waals surface area contributed by atoms with Crippen molar-refractivity contribution in [1.29, 1.82) is 0 Å². The first-order chi connectivity index (χ1) is 6.77. The summed E-state index contributed by atoms with van der Waals surface area (Å²) < 4.78 is 5.31. The molecule has 2 unspecified atom stereocenters. The summed E-state index contributed by atoms with van der Waals surface area (Å²) >= 11 is 5.83. The molecule has 1 fully saturated rings. The van der Waals surface area contributed by atoms with Gasteiger partial charge >= 0.3 is 0 Å². The molecule has 0 radical (unpaired) electrons. The fourth-order valence-electron chi connectivity index (χ4n) is 1.88. The van der Waals surface area contributed by atoms with Crippen LogP contribution in [0, 0.1) is 0 Å². The minimum Gasteiger partial charge on any atom is -0.380 e. The summed E-state index contributed by atoms with van der Waals surface area (Å²) in [4.78, 5) is 0. The van der Waals surface area contributed by atoms with Crippen LogP contribution in [0.1, 0.15) is 17.9 Å². The molecule has 0 bridgehead atoms. The number of ether oxygens (including phenoxy) is 1. The summed E-state index contributed by atoms with van der Waals surface area (Å²) in [6.45, 7) is 1.47. The molecule has 0 spiro atoms. The Morgan fingerprint density at radius 1 is 1.29 bits per heavy atom. The predicted octanol–water partition coefficient (Wildman–Crippen LogP) is 2.17. The molecule has 2 N–H and O–H groups in total. The van der Waals surface area contributed by atoms with E-state index in [4.69, 9.17) is 22.1 Å². The Morgan fingerprint density at radius 3 is 2.64 bits per heavy atom. The number of hydrogen-bond acceptors (Lipinski definition) is 2. The lowest BCUT2D eigenvalue weighted by Crippen LogP contribution is -2.37. The van der Waals surface area contributed by atoms with Crippen molar-refractivity contribution in [3.05, 3.63) is 34.9 Å². The monoisotopic (exact) mass is 211 g/mol. The summed E-state index contributed by atoms with van der Waals surface area (Å²) in [6, 6.07) is 8.05. The van der Waals surface area contributed by atoms with Gasteiger partial charge in [-0.05, 0) is 24.1 Å². The van der Waals surface area contributed by atoms with Crippen molar-refractivity contribution in [3.63, 3.8) is 0 Å². The van der Waals surface area contributed by atoms with Gasteiger partial charge in [0.1, 0.15) is 0 Å². The van der Waals surface area contributed by atoms with E-state index in [0.717, 1.165) is 18.1 Å². The van der Waals surface area contributed by atoms with E-state index in [-0.39, 0.29) is 6.04 Å². The van der Waals surface area contributed by atoms with E-state index < -0.39 is 0 Å². The van der Waals surface area contributed by atoms with Gasteiger partial charge in [0, 0.05) is 23.6 Å². The molecule has 0 aromatic heterocycles. The van der Waals surface area contributed by atoms with Gasteiger partial charge in [-0.25, -0.2) is 0 Å². The molecule has 14 heavy (non-hydrogen) atoms. The highest BCUT2D eigenvalue weighted by molar-refractivity contribution is 6.30. The fourth-order valence-corrected chi connectivity index (χ4v) is 2.01. The van der Waals surface area contributed by atoms with Gasteiger partial charge in [0.25, 0.3) is 0 Å². The second-order valence-electron chi connectivity index (χ2n) is 3.69. The van der Waals surface area contributed by atoms with E-state index in [2.05, 4.69) is 12.1 Å². The average molecular weight is 212 g/mol. The normalized spacial score (nSPS) is 27.6. The van der Waals surface area contributed by atoms with Crippen molar-refractivity contribution in [3.8, 4) is 0 Å². The lowest BCUT2D eigenvalue weighted by molar-refractivity contribution is 0.0696. The number of benzene rings is 1. The summed E-state index contributed by atoms with van der Waals surface area (Å²) in [5, 5.41) is 0.773. The highest BCUT2D eigenvalue weighted by atomic mass is 35.5. The smallest absolute Gasteiger partial charge is 0.0623 e. The van der Waals surface area contributed by atoms with Crippen molar-refractivity contribution in [2.45, 2.75) is 18.4 Å². The van der Waals surface area contributed by atoms with Gasteiger partial charge in [0.2, 0.25) is 0 Å². The van der Waals surface area contributed by atoms with Gasteiger partial charge in [-0.1, -0.05) is 23.7 Å². The zero-order valence-electron chi connectivity index (χ0n) is 7.95. The summed E-state index contributed by atoms with van der Waals surface area (Å²) in [5.41, 5.74) is 7.26. The second kappa shape index (κ2) is 4.30. The fraction of sp³-hybridized carbons (Fsp3) is 0.455. The molecular weight excluding hydrogens is 198 g/mol. The molecule has 0 aliphatic carbocycles. The van der Waals surface area contributed by atoms with Crippen LogP contribution in [0.2, 0.25) is 5.02 Å². The quantitative estimate of drug-likeness (QED) is 0.773. The van der Waals surface area contributed by atoms with Crippen molar-refractivity contribution in [2.24, 2.45) is 5.73 Å². The predicted molar refractivity (Wildman–Crippen MR) is 57.6 cm³/mol. The summed E-state index contributed by atoms with van der Waals surface area (Å²) in [5.74, 6) is 0.418. The third kappa shape index (κ3) is 2.08. The minimum atomic E-state index is 0.116. The molecule has 2 nitrogen and oxygen atoms in total. The molecule has 2 rings (SSSR count). The largest absolute Gasteiger partial charge is 0.380 e. The molecule has 1 aromatic carbocycles. The Bertz CT molecular complexity index is 299. The van der Waals surface area contributed by atoms with E-state index in [0.29, 0.717) is 12.5 Å². The first-order valence-electron chi connectivity index (χ1n) is 4.86. The van der Waals surface area contributed by atoms with Crippen molar-refractivity contribution >= 4 is 11.6 Å². The Balaban J connectivity index is 2.16. The van der Waals surface area contributed by atoms with Crippen LogP contribution in [-0.4, -0.2) is 19.3 Å². The SMILES string of the molecule is NC1COCCC1c1ccc(Cl)cc1. The molecule has 1 aliphatic heterocycles. The Kier molecular flexibility index (Phi) is 3.06.